The lowest BCUT2D eigenvalue weighted by atomic mass is 10.1. The molecule has 0 saturated heterocycles. The Balaban J connectivity index is 2.22. The van der Waals surface area contributed by atoms with Crippen LogP contribution in [0.15, 0.2) is 30.3 Å². The van der Waals surface area contributed by atoms with E-state index in [1.54, 1.807) is 19.1 Å². The minimum absolute atomic E-state index is 0.230. The molecule has 5 nitrogen and oxygen atoms in total. The number of nitrogens with two attached hydrogens (primary N) is 1. The second kappa shape index (κ2) is 7.09. The van der Waals surface area contributed by atoms with Crippen molar-refractivity contribution in [1.82, 2.24) is 5.32 Å². The highest BCUT2D eigenvalue weighted by Gasteiger charge is 2.23. The number of carbonyl (C=O) groups is 2. The second-order valence-corrected chi connectivity index (χ2v) is 5.92. The van der Waals surface area contributed by atoms with Crippen molar-refractivity contribution in [3.63, 3.8) is 0 Å². The molecule has 0 aliphatic rings. The summed E-state index contributed by atoms with van der Waals surface area (Å²) < 4.78 is 0. The Hall–Kier alpha value is -2.34. The van der Waals surface area contributed by atoms with Gasteiger partial charge in [0, 0.05) is 12.2 Å². The zero-order valence-corrected chi connectivity index (χ0v) is 13.4. The highest BCUT2D eigenvalue weighted by Crippen LogP contribution is 2.31. The quantitative estimate of drug-likeness (QED) is 0.792. The summed E-state index contributed by atoms with van der Waals surface area (Å²) in [5.41, 5.74) is 7.64. The Labute approximate surface area is 133 Å². The van der Waals surface area contributed by atoms with Crippen molar-refractivity contribution in [2.75, 3.05) is 17.6 Å². The molecular formula is C16H19N3O2S. The number of rotatable bonds is 5. The molecule has 1 heterocycles. The first-order chi connectivity index (χ1) is 10.5. The van der Waals surface area contributed by atoms with Gasteiger partial charge in [-0.2, -0.15) is 0 Å². The van der Waals surface area contributed by atoms with Crippen LogP contribution in [-0.4, -0.2) is 18.4 Å². The van der Waals surface area contributed by atoms with Crippen molar-refractivity contribution in [2.45, 2.75) is 20.3 Å². The molecule has 0 aliphatic carbocycles. The van der Waals surface area contributed by atoms with Crippen molar-refractivity contribution < 1.29 is 9.59 Å². The lowest BCUT2D eigenvalue weighted by molar-refractivity contribution is 0.0954. The van der Waals surface area contributed by atoms with Gasteiger partial charge in [0.15, 0.2) is 0 Å². The molecule has 4 N–H and O–H groups in total. The molecule has 1 aromatic heterocycles. The number of thiophene rings is 1. The summed E-state index contributed by atoms with van der Waals surface area (Å²) in [7, 11) is 0. The smallest absolute Gasteiger partial charge is 0.266 e. The van der Waals surface area contributed by atoms with Crippen LogP contribution in [0.5, 0.6) is 0 Å². The number of benzene rings is 1. The van der Waals surface area contributed by atoms with Gasteiger partial charge in [0.2, 0.25) is 0 Å². The van der Waals surface area contributed by atoms with Gasteiger partial charge < -0.3 is 16.4 Å². The molecule has 0 unspecified atom stereocenters. The topological polar surface area (TPSA) is 84.2 Å². The van der Waals surface area contributed by atoms with Gasteiger partial charge in [-0.1, -0.05) is 25.1 Å². The van der Waals surface area contributed by atoms with Crippen LogP contribution in [-0.2, 0) is 0 Å². The van der Waals surface area contributed by atoms with Crippen molar-refractivity contribution in [3.8, 4) is 0 Å². The van der Waals surface area contributed by atoms with E-state index in [2.05, 4.69) is 10.6 Å². The molecule has 0 atom stereocenters. The van der Waals surface area contributed by atoms with Crippen LogP contribution >= 0.6 is 11.3 Å². The fraction of sp³-hybridized carbons (Fsp3) is 0.250. The summed E-state index contributed by atoms with van der Waals surface area (Å²) in [6, 6.07) is 9.17. The Bertz CT molecular complexity index is 680. The number of amides is 2. The van der Waals surface area contributed by atoms with Crippen LogP contribution in [0.3, 0.4) is 0 Å². The van der Waals surface area contributed by atoms with E-state index < -0.39 is 0 Å². The fourth-order valence-electron chi connectivity index (χ4n) is 2.07. The predicted molar refractivity (Wildman–Crippen MR) is 90.5 cm³/mol. The van der Waals surface area contributed by atoms with Gasteiger partial charge in [0.25, 0.3) is 11.8 Å². The van der Waals surface area contributed by atoms with Gasteiger partial charge in [-0.15, -0.1) is 11.3 Å². The molecule has 6 heteroatoms. The van der Waals surface area contributed by atoms with Crippen LogP contribution in [0.2, 0.25) is 0 Å². The number of hydrogen-bond acceptors (Lipinski definition) is 4. The average Bonchev–Trinajstić information content (AvgIpc) is 2.81. The average molecular weight is 317 g/mol. The van der Waals surface area contributed by atoms with E-state index >= 15 is 0 Å². The third-order valence-electron chi connectivity index (χ3n) is 3.17. The molecule has 0 radical (unpaired) electrons. The Morgan fingerprint density at radius 1 is 1.18 bits per heavy atom. The second-order valence-electron chi connectivity index (χ2n) is 4.87. The first-order valence-corrected chi connectivity index (χ1v) is 7.89. The Morgan fingerprint density at radius 2 is 1.86 bits per heavy atom. The molecule has 2 rings (SSSR count). The molecule has 0 bridgehead atoms. The van der Waals surface area contributed by atoms with Crippen LogP contribution in [0.4, 0.5) is 10.7 Å². The molecule has 2 aromatic rings. The van der Waals surface area contributed by atoms with E-state index in [0.29, 0.717) is 33.2 Å². The fourth-order valence-corrected chi connectivity index (χ4v) is 3.04. The summed E-state index contributed by atoms with van der Waals surface area (Å²) in [6.07, 6.45) is 0.843. The van der Waals surface area contributed by atoms with E-state index in [4.69, 9.17) is 5.73 Å². The maximum Gasteiger partial charge on any atom is 0.266 e. The summed E-state index contributed by atoms with van der Waals surface area (Å²) >= 11 is 1.14. The lowest BCUT2D eigenvalue weighted by Gasteiger charge is -2.05. The third-order valence-corrected chi connectivity index (χ3v) is 4.29. The van der Waals surface area contributed by atoms with Crippen LogP contribution in [0, 0.1) is 6.92 Å². The normalized spacial score (nSPS) is 10.3. The van der Waals surface area contributed by atoms with Crippen molar-refractivity contribution in [3.05, 3.63) is 46.3 Å². The van der Waals surface area contributed by atoms with Gasteiger partial charge in [-0.3, -0.25) is 9.59 Å². The number of anilines is 2. The molecule has 22 heavy (non-hydrogen) atoms. The zero-order valence-electron chi connectivity index (χ0n) is 12.6. The molecule has 0 spiro atoms. The Kier molecular flexibility index (Phi) is 5.16. The minimum atomic E-state index is -0.255. The van der Waals surface area contributed by atoms with E-state index in [1.807, 2.05) is 25.1 Å². The van der Waals surface area contributed by atoms with Crippen molar-refractivity contribution in [2.24, 2.45) is 0 Å². The number of para-hydroxylation sites is 1. The number of nitrogen functional groups attached to an aromatic ring is 1. The van der Waals surface area contributed by atoms with Crippen LogP contribution in [0.1, 0.15) is 38.9 Å². The minimum Gasteiger partial charge on any atom is -0.390 e. The van der Waals surface area contributed by atoms with Gasteiger partial charge in [0.1, 0.15) is 0 Å². The number of nitrogens with one attached hydrogen (secondary N) is 2. The summed E-state index contributed by atoms with van der Waals surface area (Å²) in [4.78, 5) is 24.9. The monoisotopic (exact) mass is 317 g/mol. The predicted octanol–water partition coefficient (Wildman–Crippen LogP) is 3.03. The molecular weight excluding hydrogens is 298 g/mol. The zero-order chi connectivity index (χ0) is 16.1. The summed E-state index contributed by atoms with van der Waals surface area (Å²) in [5.74, 6) is -0.484. The van der Waals surface area contributed by atoms with Crippen LogP contribution in [0.25, 0.3) is 0 Å². The van der Waals surface area contributed by atoms with Gasteiger partial charge in [0.05, 0.1) is 15.4 Å². The van der Waals surface area contributed by atoms with Gasteiger partial charge in [-0.05, 0) is 31.0 Å². The van der Waals surface area contributed by atoms with E-state index in [-0.39, 0.29) is 11.8 Å². The third kappa shape index (κ3) is 3.46. The lowest BCUT2D eigenvalue weighted by Crippen LogP contribution is -2.25. The largest absolute Gasteiger partial charge is 0.390 e. The first-order valence-electron chi connectivity index (χ1n) is 7.08. The van der Waals surface area contributed by atoms with E-state index in [1.165, 1.54) is 0 Å². The van der Waals surface area contributed by atoms with E-state index in [0.717, 1.165) is 17.8 Å². The molecule has 2 amide bonds. The van der Waals surface area contributed by atoms with Crippen LogP contribution < -0.4 is 16.4 Å². The van der Waals surface area contributed by atoms with Crippen molar-refractivity contribution >= 4 is 33.8 Å². The highest BCUT2D eigenvalue weighted by atomic mass is 32.1. The molecule has 116 valence electrons. The highest BCUT2D eigenvalue weighted by molar-refractivity contribution is 7.18. The number of hydrogen-bond donors (Lipinski definition) is 3. The van der Waals surface area contributed by atoms with Gasteiger partial charge >= 0.3 is 0 Å². The molecule has 0 fully saturated rings. The standard InChI is InChI=1S/C16H19N3O2S/c1-3-9-18-15(20)12-10(2)13(22-14(12)17)16(21)19-11-7-5-4-6-8-11/h4-8H,3,9,17H2,1-2H3,(H,18,20)(H,19,21). The summed E-state index contributed by atoms with van der Waals surface area (Å²) in [6.45, 7) is 4.30. The number of carbonyl (C=O) groups excluding carboxylic acids is 2. The summed E-state index contributed by atoms with van der Waals surface area (Å²) in [5, 5.41) is 5.96. The SMILES string of the molecule is CCCNC(=O)c1c(N)sc(C(=O)Nc2ccccc2)c1C. The maximum atomic E-state index is 12.3. The molecule has 1 aromatic carbocycles. The maximum absolute atomic E-state index is 12.3. The van der Waals surface area contributed by atoms with Crippen molar-refractivity contribution in [1.29, 1.82) is 0 Å². The van der Waals surface area contributed by atoms with E-state index in [9.17, 15) is 9.59 Å². The van der Waals surface area contributed by atoms with Gasteiger partial charge in [-0.25, -0.2) is 0 Å². The molecule has 0 saturated carbocycles. The molecule has 0 aliphatic heterocycles. The Morgan fingerprint density at radius 3 is 2.50 bits per heavy atom. The first kappa shape index (κ1) is 16.0.